The normalized spacial score (nSPS) is 12.7. The summed E-state index contributed by atoms with van der Waals surface area (Å²) in [4.78, 5) is 80.5. The summed E-state index contributed by atoms with van der Waals surface area (Å²) in [5, 5.41) is 66.0. The molecule has 28 heteroatoms. The molecular weight excluding hydrogens is 1580 g/mol. The van der Waals surface area contributed by atoms with Crippen LogP contribution in [0.4, 0.5) is 0 Å². The topological polar surface area (TPSA) is 343 Å². The molecule has 2 aromatic carbocycles. The molecule has 0 saturated heterocycles. The number of amides is 4. The monoisotopic (exact) mass is 1640 g/mol. The molecule has 0 saturated carbocycles. The predicted octanol–water partition coefficient (Wildman–Crippen LogP) is 1.13. The Morgan fingerprint density at radius 2 is 0.824 bits per heavy atom. The molecule has 0 radical (unpaired) electrons. The number of ketones is 2. The Morgan fingerprint density at radius 1 is 0.515 bits per heavy atom. The summed E-state index contributed by atoms with van der Waals surface area (Å²) in [5.41, 5.74) is -3.16. The van der Waals surface area contributed by atoms with Crippen molar-refractivity contribution in [2.75, 3.05) is 86.0 Å². The van der Waals surface area contributed by atoms with E-state index in [9.17, 15) is 59.4 Å². The Balaban J connectivity index is 1.88. The van der Waals surface area contributed by atoms with Crippen LogP contribution in [0, 0.1) is 21.4 Å². The van der Waals surface area contributed by atoms with Gasteiger partial charge in [0.1, 0.15) is 19.0 Å². The van der Waals surface area contributed by atoms with Crippen molar-refractivity contribution in [2.45, 2.75) is 57.4 Å². The van der Waals surface area contributed by atoms with Gasteiger partial charge in [0.2, 0.25) is 0 Å². The van der Waals surface area contributed by atoms with Crippen LogP contribution < -0.4 is 22.3 Å². The number of aliphatic hydroxyl groups is 6. The lowest BCUT2D eigenvalue weighted by Gasteiger charge is -2.28. The zero-order valence-electron chi connectivity index (χ0n) is 37.1. The van der Waals surface area contributed by atoms with Crippen LogP contribution in [0.1, 0.15) is 96.3 Å². The van der Waals surface area contributed by atoms with Gasteiger partial charge in [-0.3, -0.25) is 38.8 Å². The smallest absolute Gasteiger partial charge is 0.270 e. The van der Waals surface area contributed by atoms with Gasteiger partial charge in [-0.2, -0.15) is 0 Å². The molecule has 2 unspecified atom stereocenters. The van der Waals surface area contributed by atoms with Crippen LogP contribution in [0.25, 0.3) is 0 Å². The van der Waals surface area contributed by atoms with Crippen molar-refractivity contribution in [1.29, 1.82) is 0 Å². The molecule has 4 amide bonds. The number of carbonyl (C=O) groups is 6. The first kappa shape index (κ1) is 63.7. The highest BCUT2D eigenvalue weighted by Gasteiger charge is 2.37. The van der Waals surface area contributed by atoms with Crippen molar-refractivity contribution in [2.24, 2.45) is 11.7 Å². The van der Waals surface area contributed by atoms with E-state index in [0.29, 0.717) is 0 Å². The minimum atomic E-state index is -1.46. The number of hydrazine groups is 2. The average Bonchev–Trinajstić information content (AvgIpc) is 3.28. The molecule has 0 aliphatic rings. The third-order valence-electron chi connectivity index (χ3n) is 9.59. The first-order valence-electron chi connectivity index (χ1n) is 20.2. The lowest BCUT2D eigenvalue weighted by Crippen LogP contribution is -2.52. The maximum Gasteiger partial charge on any atom is 0.270 e. The van der Waals surface area contributed by atoms with Crippen molar-refractivity contribution < 1.29 is 78.4 Å². The van der Waals surface area contributed by atoms with Crippen molar-refractivity contribution in [3.8, 4) is 0 Å². The van der Waals surface area contributed by atoms with Crippen molar-refractivity contribution in [1.82, 2.24) is 20.7 Å². The van der Waals surface area contributed by atoms with Gasteiger partial charge in [0.15, 0.2) is 11.6 Å². The highest BCUT2D eigenvalue weighted by atomic mass is 127. The van der Waals surface area contributed by atoms with Crippen LogP contribution in [0.2, 0.25) is 0 Å². The zero-order valence-corrected chi connectivity index (χ0v) is 50.1. The number of aliphatic hydroxyl groups excluding tert-OH is 6. The van der Waals surface area contributed by atoms with E-state index in [1.165, 1.54) is 27.7 Å². The molecule has 0 aliphatic heterocycles. The van der Waals surface area contributed by atoms with Crippen LogP contribution in [0.5, 0.6) is 0 Å². The molecule has 12 N–H and O–H groups in total. The Hall–Kier alpha value is -0.440. The Kier molecular flexibility index (Phi) is 28.1. The number of hydrogen-bond donors (Lipinski definition) is 10. The van der Waals surface area contributed by atoms with Gasteiger partial charge in [0, 0.05) is 39.1 Å². The first-order chi connectivity index (χ1) is 31.8. The lowest BCUT2D eigenvalue weighted by molar-refractivity contribution is -0.0734. The minimum absolute atomic E-state index is 0.00108. The molecule has 0 fully saturated rings. The Morgan fingerprint density at radius 3 is 1.19 bits per heavy atom. The highest BCUT2D eigenvalue weighted by molar-refractivity contribution is 14.1. The van der Waals surface area contributed by atoms with Crippen molar-refractivity contribution in [3.63, 3.8) is 0 Å². The van der Waals surface area contributed by atoms with E-state index < -0.39 is 84.9 Å². The van der Waals surface area contributed by atoms with Gasteiger partial charge in [-0.15, -0.1) is 0 Å². The number of nitrogens with zero attached hydrogens (tertiary/aromatic N) is 2. The van der Waals surface area contributed by atoms with Gasteiger partial charge in [-0.1, -0.05) is 0 Å². The van der Waals surface area contributed by atoms with Crippen LogP contribution in [-0.2, 0) is 18.9 Å². The SMILES string of the molecule is CC(O)C(=O)c1c(I)c(C(=O)NC(C)(CO)CO)c(I)c(C(=O)N(N)CCCOCOCCOCCOCCN(N)C(=O)c2c(I)c(C(=O)NC(C)(CO)CO)c(I)c(C(=O)C(C)O)c2I)c1I. The van der Waals surface area contributed by atoms with E-state index in [4.69, 9.17) is 30.6 Å². The maximum atomic E-state index is 13.7. The van der Waals surface area contributed by atoms with Crippen molar-refractivity contribution >= 4 is 171 Å². The molecule has 2 rings (SSSR count). The molecule has 22 nitrogen and oxygen atoms in total. The van der Waals surface area contributed by atoms with E-state index in [2.05, 4.69) is 10.6 Å². The molecule has 0 aromatic heterocycles. The molecule has 68 heavy (non-hydrogen) atoms. The second-order valence-corrected chi connectivity index (χ2v) is 21.9. The van der Waals surface area contributed by atoms with Crippen molar-refractivity contribution in [3.05, 3.63) is 54.8 Å². The molecule has 0 bridgehead atoms. The van der Waals surface area contributed by atoms with E-state index in [1.807, 2.05) is 0 Å². The van der Waals surface area contributed by atoms with E-state index >= 15 is 0 Å². The summed E-state index contributed by atoms with van der Waals surface area (Å²) < 4.78 is 23.0. The maximum absolute atomic E-state index is 13.7. The molecule has 2 atom stereocenters. The predicted molar refractivity (Wildman–Crippen MR) is 295 cm³/mol. The summed E-state index contributed by atoms with van der Waals surface area (Å²) in [7, 11) is 0. The minimum Gasteiger partial charge on any atom is -0.394 e. The van der Waals surface area contributed by atoms with Crippen LogP contribution in [0.15, 0.2) is 0 Å². The third kappa shape index (κ3) is 17.1. The standard InChI is InChI=1S/C40H54I6N6O16/c1-19(57)33(59)21-27(41)23(35(61)49-39(3,14-53)15-54)31(45)25(29(21)43)37(63)51(47)6-5-8-67-18-68-13-12-66-11-10-65-9-7-52(48)38(64)26-30(44)22(34(60)20(2)58)28(42)24(32(26)46)36(62)50-40(4,16-55)17-56/h19-20,53-58H,5-18,47-48H2,1-4H3,(H,49,61)(H,50,62). The van der Waals surface area contributed by atoms with Gasteiger partial charge in [0.05, 0.1) is 106 Å². The van der Waals surface area contributed by atoms with E-state index in [0.717, 1.165) is 10.0 Å². The van der Waals surface area contributed by atoms with E-state index in [1.54, 1.807) is 136 Å². The van der Waals surface area contributed by atoms with E-state index in [-0.39, 0.29) is 121 Å². The second-order valence-electron chi connectivity index (χ2n) is 15.4. The average molecular weight is 1640 g/mol. The quantitative estimate of drug-likeness (QED) is 0.0104. The number of rotatable bonds is 29. The number of nitrogens with two attached hydrogens (primary N) is 2. The van der Waals surface area contributed by atoms with Gasteiger partial charge < -0.3 is 60.2 Å². The number of nitrogens with one attached hydrogen (secondary N) is 2. The second kappa shape index (κ2) is 30.1. The highest BCUT2D eigenvalue weighted by Crippen LogP contribution is 2.35. The molecule has 382 valence electrons. The van der Waals surface area contributed by atoms with Gasteiger partial charge >= 0.3 is 0 Å². The number of halogens is 6. The van der Waals surface area contributed by atoms with Gasteiger partial charge in [-0.25, -0.2) is 11.7 Å². The molecule has 2 aromatic rings. The summed E-state index contributed by atoms with van der Waals surface area (Å²) in [6.45, 7) is 3.59. The molecule has 0 heterocycles. The third-order valence-corrected chi connectivity index (χ3v) is 16.1. The number of benzene rings is 2. The number of ether oxygens (including phenoxy) is 4. The Bertz CT molecular complexity index is 2000. The lowest BCUT2D eigenvalue weighted by atomic mass is 9.98. The molecule has 0 aliphatic carbocycles. The van der Waals surface area contributed by atoms with Crippen LogP contribution in [-0.4, -0.2) is 185 Å². The summed E-state index contributed by atoms with van der Waals surface area (Å²) in [6, 6.07) is 0. The van der Waals surface area contributed by atoms with Crippen LogP contribution in [0.3, 0.4) is 0 Å². The summed E-state index contributed by atoms with van der Waals surface area (Å²) >= 11 is 10.8. The summed E-state index contributed by atoms with van der Waals surface area (Å²) in [6.07, 6.45) is -2.63. The van der Waals surface area contributed by atoms with Gasteiger partial charge in [-0.05, 0) is 170 Å². The fourth-order valence-electron chi connectivity index (χ4n) is 5.49. The fourth-order valence-corrected chi connectivity index (χ4v) is 14.8. The number of hydrogen-bond acceptors (Lipinski definition) is 18. The molecular formula is C40H54I6N6O16. The number of carbonyl (C=O) groups excluding carboxylic acids is 6. The number of Topliss-reactive ketones (excluding diaryl/α,β-unsaturated/α-hetero) is 2. The summed E-state index contributed by atoms with van der Waals surface area (Å²) in [5.74, 6) is 7.83. The Labute approximate surface area is 474 Å². The fraction of sp³-hybridized carbons (Fsp3) is 0.550. The zero-order chi connectivity index (χ0) is 51.8. The first-order valence-corrected chi connectivity index (χ1v) is 26.7. The molecule has 0 spiro atoms. The van der Waals surface area contributed by atoms with Crippen LogP contribution >= 0.6 is 136 Å². The van der Waals surface area contributed by atoms with Gasteiger partial charge in [0.25, 0.3) is 23.6 Å². The largest absolute Gasteiger partial charge is 0.394 e.